The summed E-state index contributed by atoms with van der Waals surface area (Å²) in [5, 5.41) is 13.2. The third-order valence-corrected chi connectivity index (χ3v) is 4.55. The number of amides is 1. The van der Waals surface area contributed by atoms with Crippen LogP contribution < -0.4 is 10.1 Å². The number of non-ortho nitro benzene ring substituents is 1. The molecule has 0 spiro atoms. The first-order chi connectivity index (χ1) is 12.5. The number of rotatable bonds is 3. The van der Waals surface area contributed by atoms with E-state index >= 15 is 0 Å². The zero-order chi connectivity index (χ0) is 18.3. The van der Waals surface area contributed by atoms with E-state index in [1.165, 1.54) is 24.3 Å². The Morgan fingerprint density at radius 3 is 2.69 bits per heavy atom. The van der Waals surface area contributed by atoms with E-state index in [9.17, 15) is 19.7 Å². The highest BCUT2D eigenvalue weighted by molar-refractivity contribution is 5.86. The van der Waals surface area contributed by atoms with Crippen molar-refractivity contribution in [1.82, 2.24) is 0 Å². The molecule has 1 aliphatic heterocycles. The van der Waals surface area contributed by atoms with Gasteiger partial charge in [-0.25, -0.2) is 4.79 Å². The average molecular weight is 354 g/mol. The maximum Gasteiger partial charge on any atom is 0.417 e. The standard InChI is InChI=1S/C18H14N2O6/c21-16-8-11-7-10-1-2-12(9-15(10)17(11)26-16)19-18(22)25-14-5-3-13(4-6-14)20(23)24/h1-6,9,11,17H,7-8H2,(H,19,22). The molecule has 26 heavy (non-hydrogen) atoms. The molecule has 1 heterocycles. The molecule has 1 amide bonds. The molecule has 0 radical (unpaired) electrons. The van der Waals surface area contributed by atoms with Crippen molar-refractivity contribution >= 4 is 23.4 Å². The number of nitro benzene ring substituents is 1. The van der Waals surface area contributed by atoms with E-state index in [1.807, 2.05) is 6.07 Å². The van der Waals surface area contributed by atoms with E-state index in [4.69, 9.17) is 9.47 Å². The summed E-state index contributed by atoms with van der Waals surface area (Å²) in [6.45, 7) is 0. The van der Waals surface area contributed by atoms with E-state index in [-0.39, 0.29) is 29.4 Å². The molecule has 0 aromatic heterocycles. The fourth-order valence-corrected chi connectivity index (χ4v) is 3.40. The van der Waals surface area contributed by atoms with Crippen molar-refractivity contribution in [2.75, 3.05) is 5.32 Å². The highest BCUT2D eigenvalue weighted by Crippen LogP contribution is 2.45. The van der Waals surface area contributed by atoms with Crippen LogP contribution in [0.2, 0.25) is 0 Å². The van der Waals surface area contributed by atoms with Crippen molar-refractivity contribution in [3.63, 3.8) is 0 Å². The molecule has 1 fully saturated rings. The third-order valence-electron chi connectivity index (χ3n) is 4.55. The number of nitrogens with one attached hydrogen (secondary N) is 1. The Morgan fingerprint density at radius 1 is 1.19 bits per heavy atom. The summed E-state index contributed by atoms with van der Waals surface area (Å²) in [7, 11) is 0. The highest BCUT2D eigenvalue weighted by atomic mass is 16.6. The molecule has 4 rings (SSSR count). The van der Waals surface area contributed by atoms with Crippen molar-refractivity contribution in [2.24, 2.45) is 5.92 Å². The molecule has 1 aliphatic carbocycles. The van der Waals surface area contributed by atoms with Crippen molar-refractivity contribution < 1.29 is 24.0 Å². The van der Waals surface area contributed by atoms with Gasteiger partial charge < -0.3 is 9.47 Å². The van der Waals surface area contributed by atoms with E-state index in [0.717, 1.165) is 17.5 Å². The normalized spacial score (nSPS) is 20.1. The lowest BCUT2D eigenvalue weighted by Gasteiger charge is -2.11. The van der Waals surface area contributed by atoms with Crippen LogP contribution in [-0.4, -0.2) is 17.0 Å². The lowest BCUT2D eigenvalue weighted by atomic mass is 10.0. The topological polar surface area (TPSA) is 108 Å². The summed E-state index contributed by atoms with van der Waals surface area (Å²) in [5.41, 5.74) is 2.46. The van der Waals surface area contributed by atoms with Crippen LogP contribution in [-0.2, 0) is 16.0 Å². The molecule has 0 saturated carbocycles. The van der Waals surface area contributed by atoms with Gasteiger partial charge in [0.25, 0.3) is 5.69 Å². The lowest BCUT2D eigenvalue weighted by Crippen LogP contribution is -2.17. The Hall–Kier alpha value is -3.42. The van der Waals surface area contributed by atoms with Crippen LogP contribution in [0, 0.1) is 16.0 Å². The SMILES string of the molecule is O=C1CC2Cc3ccc(NC(=O)Oc4ccc([N+](=O)[O-])cc4)cc3C2O1. The van der Waals surface area contributed by atoms with Gasteiger partial charge in [0.05, 0.1) is 11.3 Å². The molecule has 1 N–H and O–H groups in total. The molecule has 8 heteroatoms. The zero-order valence-electron chi connectivity index (χ0n) is 13.5. The number of carbonyl (C=O) groups excluding carboxylic acids is 2. The highest BCUT2D eigenvalue weighted by Gasteiger charge is 2.42. The van der Waals surface area contributed by atoms with Crippen molar-refractivity contribution in [3.05, 3.63) is 63.7 Å². The second kappa shape index (κ2) is 6.14. The van der Waals surface area contributed by atoms with Gasteiger partial charge in [0.15, 0.2) is 0 Å². The molecule has 2 unspecified atom stereocenters. The summed E-state index contributed by atoms with van der Waals surface area (Å²) in [5.74, 6) is 0.167. The van der Waals surface area contributed by atoms with Crippen LogP contribution in [0.5, 0.6) is 5.75 Å². The predicted octanol–water partition coefficient (Wildman–Crippen LogP) is 3.37. The number of nitrogens with zero attached hydrogens (tertiary/aromatic N) is 1. The smallest absolute Gasteiger partial charge is 0.417 e. The van der Waals surface area contributed by atoms with E-state index in [0.29, 0.717) is 12.1 Å². The average Bonchev–Trinajstić information content (AvgIpc) is 3.11. The molecule has 0 bridgehead atoms. The monoisotopic (exact) mass is 354 g/mol. The third kappa shape index (κ3) is 2.97. The lowest BCUT2D eigenvalue weighted by molar-refractivity contribution is -0.384. The summed E-state index contributed by atoms with van der Waals surface area (Å²) in [4.78, 5) is 33.6. The molecule has 2 aromatic rings. The number of anilines is 1. The fraction of sp³-hybridized carbons (Fsp3) is 0.222. The minimum absolute atomic E-state index is 0.0861. The van der Waals surface area contributed by atoms with Gasteiger partial charge in [-0.2, -0.15) is 0 Å². The number of nitro groups is 1. The largest absolute Gasteiger partial charge is 0.457 e. The van der Waals surface area contributed by atoms with Gasteiger partial charge in [0, 0.05) is 23.7 Å². The molecule has 2 atom stereocenters. The second-order valence-electron chi connectivity index (χ2n) is 6.26. The summed E-state index contributed by atoms with van der Waals surface area (Å²) in [6.07, 6.45) is 0.255. The summed E-state index contributed by atoms with van der Waals surface area (Å²) >= 11 is 0. The van der Waals surface area contributed by atoms with Crippen molar-refractivity contribution in [2.45, 2.75) is 18.9 Å². The molecular weight excluding hydrogens is 340 g/mol. The van der Waals surface area contributed by atoms with Gasteiger partial charge >= 0.3 is 12.1 Å². The van der Waals surface area contributed by atoms with E-state index in [1.54, 1.807) is 12.1 Å². The van der Waals surface area contributed by atoms with Crippen LogP contribution in [0.4, 0.5) is 16.2 Å². The van der Waals surface area contributed by atoms with Crippen LogP contribution in [0.25, 0.3) is 0 Å². The molecule has 8 nitrogen and oxygen atoms in total. The Kier molecular flexibility index (Phi) is 3.80. The van der Waals surface area contributed by atoms with E-state index < -0.39 is 11.0 Å². The quantitative estimate of drug-likeness (QED) is 0.514. The first-order valence-electron chi connectivity index (χ1n) is 8.05. The maximum absolute atomic E-state index is 12.0. The summed E-state index contributed by atoms with van der Waals surface area (Å²) < 4.78 is 10.5. The van der Waals surface area contributed by atoms with Gasteiger partial charge in [0.1, 0.15) is 11.9 Å². The minimum atomic E-state index is -0.711. The Labute approximate surface area is 147 Å². The van der Waals surface area contributed by atoms with Crippen LogP contribution in [0.15, 0.2) is 42.5 Å². The second-order valence-corrected chi connectivity index (χ2v) is 6.26. The van der Waals surface area contributed by atoms with Gasteiger partial charge in [0.2, 0.25) is 0 Å². The molecule has 2 aromatic carbocycles. The van der Waals surface area contributed by atoms with Gasteiger partial charge in [-0.1, -0.05) is 6.07 Å². The number of hydrogen-bond acceptors (Lipinski definition) is 6. The number of esters is 1. The number of ether oxygens (including phenoxy) is 2. The molecular formula is C18H14N2O6. The van der Waals surface area contributed by atoms with Gasteiger partial charge in [-0.15, -0.1) is 0 Å². The Balaban J connectivity index is 1.44. The zero-order valence-corrected chi connectivity index (χ0v) is 13.5. The Morgan fingerprint density at radius 2 is 1.96 bits per heavy atom. The van der Waals surface area contributed by atoms with Crippen molar-refractivity contribution in [3.8, 4) is 5.75 Å². The number of carbonyl (C=O) groups is 2. The molecule has 1 saturated heterocycles. The molecule has 2 aliphatic rings. The first kappa shape index (κ1) is 16.1. The van der Waals surface area contributed by atoms with Crippen LogP contribution in [0.3, 0.4) is 0 Å². The predicted molar refractivity (Wildman–Crippen MR) is 89.8 cm³/mol. The van der Waals surface area contributed by atoms with Crippen LogP contribution >= 0.6 is 0 Å². The minimum Gasteiger partial charge on any atom is -0.457 e. The first-order valence-corrected chi connectivity index (χ1v) is 8.05. The van der Waals surface area contributed by atoms with Gasteiger partial charge in [-0.05, 0) is 41.8 Å². The Bertz CT molecular complexity index is 908. The van der Waals surface area contributed by atoms with Crippen LogP contribution in [0.1, 0.15) is 23.7 Å². The number of fused-ring (bicyclic) bond motifs is 3. The van der Waals surface area contributed by atoms with Gasteiger partial charge in [-0.3, -0.25) is 20.2 Å². The number of hydrogen-bond donors (Lipinski definition) is 1. The molecule has 132 valence electrons. The maximum atomic E-state index is 12.0. The fourth-order valence-electron chi connectivity index (χ4n) is 3.40. The van der Waals surface area contributed by atoms with E-state index in [2.05, 4.69) is 5.32 Å². The summed E-state index contributed by atoms with van der Waals surface area (Å²) in [6, 6.07) is 10.7. The number of benzene rings is 2. The van der Waals surface area contributed by atoms with Crippen molar-refractivity contribution in [1.29, 1.82) is 0 Å².